The van der Waals surface area contributed by atoms with Gasteiger partial charge in [0.15, 0.2) is 0 Å². The first-order valence-electron chi connectivity index (χ1n) is 6.63. The van der Waals surface area contributed by atoms with Crippen LogP contribution in [0.1, 0.15) is 19.8 Å². The highest BCUT2D eigenvalue weighted by atomic mass is 14.9. The summed E-state index contributed by atoms with van der Waals surface area (Å²) in [6.45, 7) is 3.35. The van der Waals surface area contributed by atoms with Crippen molar-refractivity contribution in [3.8, 4) is 0 Å². The highest BCUT2D eigenvalue weighted by Crippen LogP contribution is 2.36. The zero-order chi connectivity index (χ0) is 12.5. The Bertz CT molecular complexity index is 561. The van der Waals surface area contributed by atoms with Gasteiger partial charge in [-0.15, -0.1) is 0 Å². The normalized spacial score (nSPS) is 16.7. The second-order valence-electron chi connectivity index (χ2n) is 5.30. The molecule has 0 aliphatic heterocycles. The third kappa shape index (κ3) is 2.13. The quantitative estimate of drug-likeness (QED) is 0.808. The van der Waals surface area contributed by atoms with Crippen molar-refractivity contribution in [2.45, 2.75) is 19.8 Å². The van der Waals surface area contributed by atoms with Gasteiger partial charge in [-0.05, 0) is 36.8 Å². The van der Waals surface area contributed by atoms with E-state index in [2.05, 4.69) is 23.3 Å². The number of nitrogens with zero attached hydrogens (tertiary/aromatic N) is 1. The molecular weight excluding hydrogens is 222 g/mol. The summed E-state index contributed by atoms with van der Waals surface area (Å²) in [5.74, 6) is 1.67. The number of para-hydroxylation sites is 1. The topological polar surface area (TPSA) is 50.9 Å². The number of rotatable bonds is 4. The average molecular weight is 241 g/mol. The van der Waals surface area contributed by atoms with Crippen LogP contribution < -0.4 is 11.1 Å². The van der Waals surface area contributed by atoms with Crippen molar-refractivity contribution in [2.24, 2.45) is 11.8 Å². The largest absolute Gasteiger partial charge is 0.397 e. The molecule has 3 heteroatoms. The maximum atomic E-state index is 5.95. The third-order valence-corrected chi connectivity index (χ3v) is 3.84. The molecule has 18 heavy (non-hydrogen) atoms. The molecule has 1 aromatic carbocycles. The van der Waals surface area contributed by atoms with Gasteiger partial charge in [-0.25, -0.2) is 0 Å². The maximum Gasteiger partial charge on any atom is 0.0951 e. The van der Waals surface area contributed by atoms with Crippen molar-refractivity contribution >= 4 is 22.3 Å². The monoisotopic (exact) mass is 241 g/mol. The van der Waals surface area contributed by atoms with Crippen molar-refractivity contribution in [2.75, 3.05) is 17.6 Å². The number of benzene rings is 1. The molecule has 2 aromatic rings. The van der Waals surface area contributed by atoms with E-state index in [0.717, 1.165) is 40.7 Å². The standard InChI is InChI=1S/C15H19N3/c1-10(11-5-6-11)9-18-14-7-8-17-15-12(14)3-2-4-13(15)16/h2-4,7-8,10-11H,5-6,9,16H2,1H3,(H,17,18). The number of hydrogen-bond donors (Lipinski definition) is 2. The lowest BCUT2D eigenvalue weighted by molar-refractivity contribution is 0.537. The first-order chi connectivity index (χ1) is 8.75. The second kappa shape index (κ2) is 4.48. The van der Waals surface area contributed by atoms with Crippen LogP contribution in [0.15, 0.2) is 30.5 Å². The molecule has 0 radical (unpaired) electrons. The summed E-state index contributed by atoms with van der Waals surface area (Å²) in [5.41, 5.74) is 8.72. The molecule has 1 fully saturated rings. The van der Waals surface area contributed by atoms with Crippen molar-refractivity contribution in [1.29, 1.82) is 0 Å². The lowest BCUT2D eigenvalue weighted by Gasteiger charge is -2.14. The summed E-state index contributed by atoms with van der Waals surface area (Å²) in [4.78, 5) is 4.35. The maximum absolute atomic E-state index is 5.95. The average Bonchev–Trinajstić information content (AvgIpc) is 3.21. The zero-order valence-corrected chi connectivity index (χ0v) is 10.7. The van der Waals surface area contributed by atoms with E-state index in [1.165, 1.54) is 12.8 Å². The number of nitrogens with one attached hydrogen (secondary N) is 1. The number of pyridine rings is 1. The van der Waals surface area contributed by atoms with Gasteiger partial charge >= 0.3 is 0 Å². The van der Waals surface area contributed by atoms with Crippen molar-refractivity contribution in [1.82, 2.24) is 4.98 Å². The molecule has 0 saturated heterocycles. The van der Waals surface area contributed by atoms with Crippen LogP contribution in [0.2, 0.25) is 0 Å². The lowest BCUT2D eigenvalue weighted by atomic mass is 10.1. The molecule has 1 heterocycles. The van der Waals surface area contributed by atoms with Crippen LogP contribution in [-0.2, 0) is 0 Å². The minimum absolute atomic E-state index is 0.742. The van der Waals surface area contributed by atoms with Gasteiger partial charge < -0.3 is 11.1 Å². The van der Waals surface area contributed by atoms with E-state index in [1.807, 2.05) is 24.4 Å². The van der Waals surface area contributed by atoms with Gasteiger partial charge in [-0.1, -0.05) is 19.1 Å². The lowest BCUT2D eigenvalue weighted by Crippen LogP contribution is -2.13. The van der Waals surface area contributed by atoms with Gasteiger partial charge in [0.25, 0.3) is 0 Å². The van der Waals surface area contributed by atoms with Gasteiger partial charge in [0.1, 0.15) is 0 Å². The molecule has 0 amide bonds. The fourth-order valence-corrected chi connectivity index (χ4v) is 2.46. The number of hydrogen-bond acceptors (Lipinski definition) is 3. The van der Waals surface area contributed by atoms with Crippen LogP contribution >= 0.6 is 0 Å². The third-order valence-electron chi connectivity index (χ3n) is 3.84. The molecule has 0 spiro atoms. The fourth-order valence-electron chi connectivity index (χ4n) is 2.46. The minimum Gasteiger partial charge on any atom is -0.397 e. The van der Waals surface area contributed by atoms with Crippen LogP contribution in [0.4, 0.5) is 11.4 Å². The smallest absolute Gasteiger partial charge is 0.0951 e. The van der Waals surface area contributed by atoms with E-state index in [1.54, 1.807) is 0 Å². The SMILES string of the molecule is CC(CNc1ccnc2c(N)cccc12)C1CC1. The van der Waals surface area contributed by atoms with E-state index in [9.17, 15) is 0 Å². The summed E-state index contributed by atoms with van der Waals surface area (Å²) in [7, 11) is 0. The van der Waals surface area contributed by atoms with E-state index >= 15 is 0 Å². The van der Waals surface area contributed by atoms with Crippen LogP contribution in [0.5, 0.6) is 0 Å². The second-order valence-corrected chi connectivity index (χ2v) is 5.30. The summed E-state index contributed by atoms with van der Waals surface area (Å²) in [5, 5.41) is 4.65. The van der Waals surface area contributed by atoms with Gasteiger partial charge in [0.2, 0.25) is 0 Å². The highest BCUT2D eigenvalue weighted by molar-refractivity contribution is 5.97. The van der Waals surface area contributed by atoms with Crippen LogP contribution in [0, 0.1) is 11.8 Å². The van der Waals surface area contributed by atoms with Crippen molar-refractivity contribution in [3.63, 3.8) is 0 Å². The summed E-state index contributed by atoms with van der Waals surface area (Å²) in [6, 6.07) is 7.98. The van der Waals surface area contributed by atoms with E-state index in [4.69, 9.17) is 5.73 Å². The molecule has 1 aliphatic carbocycles. The Kier molecular flexibility index (Phi) is 2.82. The minimum atomic E-state index is 0.742. The number of aromatic nitrogens is 1. The zero-order valence-electron chi connectivity index (χ0n) is 10.7. The number of nitrogens with two attached hydrogens (primary N) is 1. The summed E-state index contributed by atoms with van der Waals surface area (Å²) >= 11 is 0. The Labute approximate surface area is 107 Å². The van der Waals surface area contributed by atoms with Gasteiger partial charge in [-0.2, -0.15) is 0 Å². The molecule has 1 aliphatic rings. The van der Waals surface area contributed by atoms with Crippen LogP contribution in [0.3, 0.4) is 0 Å². The van der Waals surface area contributed by atoms with E-state index < -0.39 is 0 Å². The Morgan fingerprint density at radius 1 is 1.39 bits per heavy atom. The van der Waals surface area contributed by atoms with Crippen molar-refractivity contribution < 1.29 is 0 Å². The highest BCUT2D eigenvalue weighted by Gasteiger charge is 2.27. The molecule has 1 unspecified atom stereocenters. The fraction of sp³-hybridized carbons (Fsp3) is 0.400. The molecule has 1 aromatic heterocycles. The van der Waals surface area contributed by atoms with Gasteiger partial charge in [0.05, 0.1) is 11.2 Å². The van der Waals surface area contributed by atoms with Gasteiger partial charge in [0, 0.05) is 23.8 Å². The van der Waals surface area contributed by atoms with E-state index in [0.29, 0.717) is 0 Å². The Morgan fingerprint density at radius 2 is 2.22 bits per heavy atom. The summed E-state index contributed by atoms with van der Waals surface area (Å²) < 4.78 is 0. The molecule has 3 rings (SSSR count). The molecule has 94 valence electrons. The molecule has 3 N–H and O–H groups in total. The molecule has 1 saturated carbocycles. The molecule has 3 nitrogen and oxygen atoms in total. The molecular formula is C15H19N3. The number of anilines is 2. The predicted octanol–water partition coefficient (Wildman–Crippen LogP) is 3.28. The Balaban J connectivity index is 1.84. The summed E-state index contributed by atoms with van der Waals surface area (Å²) in [6.07, 6.45) is 4.61. The van der Waals surface area contributed by atoms with Crippen molar-refractivity contribution in [3.05, 3.63) is 30.5 Å². The number of nitrogen functional groups attached to an aromatic ring is 1. The van der Waals surface area contributed by atoms with Gasteiger partial charge in [-0.3, -0.25) is 4.98 Å². The first kappa shape index (κ1) is 11.3. The number of fused-ring (bicyclic) bond motifs is 1. The Hall–Kier alpha value is -1.77. The van der Waals surface area contributed by atoms with Crippen LogP contribution in [-0.4, -0.2) is 11.5 Å². The Morgan fingerprint density at radius 3 is 3.00 bits per heavy atom. The predicted molar refractivity (Wildman–Crippen MR) is 76.5 cm³/mol. The van der Waals surface area contributed by atoms with Crippen LogP contribution in [0.25, 0.3) is 10.9 Å². The first-order valence-corrected chi connectivity index (χ1v) is 6.63. The molecule has 0 bridgehead atoms. The van der Waals surface area contributed by atoms with E-state index in [-0.39, 0.29) is 0 Å². The molecule has 1 atom stereocenters.